The number of hydrogen-bond acceptors (Lipinski definition) is 3. The fourth-order valence-corrected chi connectivity index (χ4v) is 1.81. The topological polar surface area (TPSA) is 85.9 Å². The number of aromatic amines is 2. The predicted molar refractivity (Wildman–Crippen MR) is 66.4 cm³/mol. The summed E-state index contributed by atoms with van der Waals surface area (Å²) in [4.78, 5) is 26.5. The van der Waals surface area contributed by atoms with Crippen molar-refractivity contribution >= 4 is 0 Å². The van der Waals surface area contributed by atoms with Crippen LogP contribution in [0.2, 0.25) is 0 Å². The molecule has 0 unspecified atom stereocenters. The van der Waals surface area contributed by atoms with Crippen molar-refractivity contribution in [2.24, 2.45) is 0 Å². The molecule has 0 spiro atoms. The zero-order valence-electron chi connectivity index (χ0n) is 10.2. The third-order valence-corrected chi connectivity index (χ3v) is 2.80. The van der Waals surface area contributed by atoms with E-state index in [-0.39, 0.29) is 11.4 Å². The van der Waals surface area contributed by atoms with Gasteiger partial charge in [0.1, 0.15) is 0 Å². The van der Waals surface area contributed by atoms with Gasteiger partial charge in [-0.25, -0.2) is 4.79 Å². The Bertz CT molecular complexity index is 448. The van der Waals surface area contributed by atoms with Crippen LogP contribution in [0.5, 0.6) is 5.88 Å². The second kappa shape index (κ2) is 6.93. The van der Waals surface area contributed by atoms with E-state index in [2.05, 4.69) is 16.9 Å². The molecule has 1 aromatic rings. The van der Waals surface area contributed by atoms with E-state index in [9.17, 15) is 14.7 Å². The van der Waals surface area contributed by atoms with Crippen LogP contribution in [0.25, 0.3) is 0 Å². The molecule has 96 valence electrons. The molecule has 1 rings (SSSR count). The Morgan fingerprint density at radius 2 is 1.65 bits per heavy atom. The van der Waals surface area contributed by atoms with Crippen LogP contribution in [0.4, 0.5) is 0 Å². The van der Waals surface area contributed by atoms with Crippen molar-refractivity contribution in [3.8, 4) is 5.88 Å². The van der Waals surface area contributed by atoms with Gasteiger partial charge in [0.05, 0.1) is 5.56 Å². The molecule has 0 aliphatic carbocycles. The molecule has 1 heterocycles. The summed E-state index contributed by atoms with van der Waals surface area (Å²) in [5.41, 5.74) is -0.876. The maximum absolute atomic E-state index is 11.4. The maximum Gasteiger partial charge on any atom is 0.328 e. The van der Waals surface area contributed by atoms with Crippen LogP contribution in [-0.4, -0.2) is 15.1 Å². The molecule has 0 saturated carbocycles. The average molecular weight is 240 g/mol. The third kappa shape index (κ3) is 4.46. The smallest absolute Gasteiger partial charge is 0.328 e. The normalized spacial score (nSPS) is 10.6. The lowest BCUT2D eigenvalue weighted by molar-refractivity contribution is 0.438. The molecule has 5 nitrogen and oxygen atoms in total. The fraction of sp³-hybridized carbons (Fsp3) is 0.667. The first-order chi connectivity index (χ1) is 8.15. The Hall–Kier alpha value is -1.52. The van der Waals surface area contributed by atoms with Gasteiger partial charge in [-0.05, 0) is 12.8 Å². The summed E-state index contributed by atoms with van der Waals surface area (Å²) in [6.45, 7) is 2.16. The van der Waals surface area contributed by atoms with Crippen LogP contribution < -0.4 is 11.2 Å². The molecule has 5 heteroatoms. The van der Waals surface area contributed by atoms with Crippen LogP contribution in [0.15, 0.2) is 9.59 Å². The molecule has 0 aromatic carbocycles. The average Bonchev–Trinajstić information content (AvgIpc) is 2.26. The van der Waals surface area contributed by atoms with Gasteiger partial charge >= 0.3 is 5.69 Å². The summed E-state index contributed by atoms with van der Waals surface area (Å²) in [7, 11) is 0. The van der Waals surface area contributed by atoms with Crippen LogP contribution >= 0.6 is 0 Å². The Morgan fingerprint density at radius 1 is 1.00 bits per heavy atom. The number of H-pyrrole nitrogens is 2. The number of aromatic hydroxyl groups is 1. The van der Waals surface area contributed by atoms with Crippen molar-refractivity contribution < 1.29 is 5.11 Å². The summed E-state index contributed by atoms with van der Waals surface area (Å²) in [5, 5.41) is 9.44. The molecule has 17 heavy (non-hydrogen) atoms. The van der Waals surface area contributed by atoms with Crippen molar-refractivity contribution in [1.82, 2.24) is 9.97 Å². The molecule has 0 bridgehead atoms. The number of nitrogens with one attached hydrogen (secondary N) is 2. The number of hydrogen-bond donors (Lipinski definition) is 3. The zero-order chi connectivity index (χ0) is 12.7. The van der Waals surface area contributed by atoms with E-state index in [1.54, 1.807) is 0 Å². The molecule has 0 saturated heterocycles. The van der Waals surface area contributed by atoms with Gasteiger partial charge in [-0.15, -0.1) is 0 Å². The van der Waals surface area contributed by atoms with Gasteiger partial charge in [-0.1, -0.05) is 39.0 Å². The van der Waals surface area contributed by atoms with Crippen LogP contribution in [0.3, 0.4) is 0 Å². The van der Waals surface area contributed by atoms with Crippen LogP contribution in [0, 0.1) is 0 Å². The molecule has 1 aromatic heterocycles. The van der Waals surface area contributed by atoms with Crippen molar-refractivity contribution in [2.45, 2.75) is 51.9 Å². The standard InChI is InChI=1S/C12H20N2O3/c1-2-3-4-5-6-7-8-9-10(15)13-12(17)14-11(9)16/h2-8H2,1H3,(H3,13,14,15,16,17). The minimum absolute atomic E-state index is 0.278. The van der Waals surface area contributed by atoms with E-state index < -0.39 is 11.2 Å². The summed E-state index contributed by atoms with van der Waals surface area (Å²) in [6, 6.07) is 0. The summed E-state index contributed by atoms with van der Waals surface area (Å²) in [6.07, 6.45) is 7.21. The van der Waals surface area contributed by atoms with E-state index in [1.807, 2.05) is 0 Å². The first kappa shape index (κ1) is 13.5. The zero-order valence-corrected chi connectivity index (χ0v) is 10.2. The molecule has 0 fully saturated rings. The SMILES string of the molecule is CCCCCCCCc1c(O)[nH]c(=O)[nH]c1=O. The molecule has 0 atom stereocenters. The van der Waals surface area contributed by atoms with Crippen LogP contribution in [0.1, 0.15) is 51.0 Å². The van der Waals surface area contributed by atoms with Crippen LogP contribution in [-0.2, 0) is 6.42 Å². The Morgan fingerprint density at radius 3 is 2.29 bits per heavy atom. The quantitative estimate of drug-likeness (QED) is 0.634. The molecule has 3 N–H and O–H groups in total. The third-order valence-electron chi connectivity index (χ3n) is 2.80. The van der Waals surface area contributed by atoms with E-state index in [1.165, 1.54) is 19.3 Å². The van der Waals surface area contributed by atoms with Crippen molar-refractivity contribution in [2.75, 3.05) is 0 Å². The minimum atomic E-state index is -0.667. The molecule has 0 aliphatic rings. The molecule has 0 aliphatic heterocycles. The maximum atomic E-state index is 11.4. The minimum Gasteiger partial charge on any atom is -0.494 e. The predicted octanol–water partition coefficient (Wildman–Crippen LogP) is 1.67. The Labute approximate surface area is 99.9 Å². The Balaban J connectivity index is 2.42. The lowest BCUT2D eigenvalue weighted by Gasteiger charge is -2.02. The molecular weight excluding hydrogens is 220 g/mol. The first-order valence-electron chi connectivity index (χ1n) is 6.19. The van der Waals surface area contributed by atoms with Gasteiger partial charge in [-0.3, -0.25) is 14.8 Å². The van der Waals surface area contributed by atoms with Gasteiger partial charge < -0.3 is 5.11 Å². The Kier molecular flexibility index (Phi) is 5.52. The highest BCUT2D eigenvalue weighted by atomic mass is 16.3. The molecule has 0 amide bonds. The van der Waals surface area contributed by atoms with Crippen molar-refractivity contribution in [1.29, 1.82) is 0 Å². The van der Waals surface area contributed by atoms with Crippen molar-refractivity contribution in [3.05, 3.63) is 26.4 Å². The van der Waals surface area contributed by atoms with Gasteiger partial charge in [0.15, 0.2) is 0 Å². The van der Waals surface area contributed by atoms with Crippen molar-refractivity contribution in [3.63, 3.8) is 0 Å². The second-order valence-corrected chi connectivity index (χ2v) is 4.25. The number of unbranched alkanes of at least 4 members (excludes halogenated alkanes) is 5. The lowest BCUT2D eigenvalue weighted by Crippen LogP contribution is -2.25. The van der Waals surface area contributed by atoms with E-state index >= 15 is 0 Å². The summed E-state index contributed by atoms with van der Waals surface area (Å²) >= 11 is 0. The fourth-order valence-electron chi connectivity index (χ4n) is 1.81. The lowest BCUT2D eigenvalue weighted by atomic mass is 10.1. The van der Waals surface area contributed by atoms with E-state index in [0.717, 1.165) is 19.3 Å². The monoisotopic (exact) mass is 240 g/mol. The van der Waals surface area contributed by atoms with Gasteiger partial charge in [0.2, 0.25) is 5.88 Å². The number of rotatable bonds is 7. The first-order valence-corrected chi connectivity index (χ1v) is 6.19. The highest BCUT2D eigenvalue weighted by molar-refractivity contribution is 5.20. The van der Waals surface area contributed by atoms with E-state index in [4.69, 9.17) is 0 Å². The van der Waals surface area contributed by atoms with Gasteiger partial charge in [-0.2, -0.15) is 0 Å². The van der Waals surface area contributed by atoms with Gasteiger partial charge in [0.25, 0.3) is 5.56 Å². The highest BCUT2D eigenvalue weighted by Crippen LogP contribution is 2.11. The molecule has 0 radical (unpaired) electrons. The summed E-state index contributed by atoms with van der Waals surface area (Å²) in [5.74, 6) is -0.299. The second-order valence-electron chi connectivity index (χ2n) is 4.25. The highest BCUT2D eigenvalue weighted by Gasteiger charge is 2.07. The van der Waals surface area contributed by atoms with E-state index in [0.29, 0.717) is 6.42 Å². The number of aromatic nitrogens is 2. The molecular formula is C12H20N2O3. The largest absolute Gasteiger partial charge is 0.494 e. The van der Waals surface area contributed by atoms with Gasteiger partial charge in [0, 0.05) is 0 Å². The summed E-state index contributed by atoms with van der Waals surface area (Å²) < 4.78 is 0.